The third-order valence-corrected chi connectivity index (χ3v) is 4.11. The van der Waals surface area contributed by atoms with E-state index in [0.29, 0.717) is 6.42 Å². The quantitative estimate of drug-likeness (QED) is 0.756. The summed E-state index contributed by atoms with van der Waals surface area (Å²) in [6.07, 6.45) is 0.106. The molecule has 106 valence electrons. The van der Waals surface area contributed by atoms with E-state index in [4.69, 9.17) is 0 Å². The lowest BCUT2D eigenvalue weighted by Crippen LogP contribution is -2.02. The highest BCUT2D eigenvalue weighted by atomic mass is 79.9. The second-order valence-corrected chi connectivity index (χ2v) is 6.17. The van der Waals surface area contributed by atoms with Crippen molar-refractivity contribution >= 4 is 26.8 Å². The van der Waals surface area contributed by atoms with Crippen molar-refractivity contribution < 1.29 is 5.11 Å². The van der Waals surface area contributed by atoms with Crippen molar-refractivity contribution in [2.45, 2.75) is 19.4 Å². The Bertz CT molecular complexity index is 768. The zero-order chi connectivity index (χ0) is 14.8. The molecule has 1 heterocycles. The molecule has 0 radical (unpaired) electrons. The Morgan fingerprint density at radius 1 is 1.05 bits per heavy atom. The Morgan fingerprint density at radius 3 is 2.57 bits per heavy atom. The number of halogens is 1. The van der Waals surface area contributed by atoms with E-state index in [-0.39, 0.29) is 0 Å². The van der Waals surface area contributed by atoms with Crippen LogP contribution in [0.5, 0.6) is 0 Å². The first-order chi connectivity index (χ1) is 10.1. The van der Waals surface area contributed by atoms with E-state index in [1.165, 1.54) is 0 Å². The fourth-order valence-corrected chi connectivity index (χ4v) is 2.68. The summed E-state index contributed by atoms with van der Waals surface area (Å²) in [6, 6.07) is 18.0. The minimum absolute atomic E-state index is 0.503. The third kappa shape index (κ3) is 3.31. The van der Waals surface area contributed by atoms with Gasteiger partial charge in [-0.1, -0.05) is 40.2 Å². The smallest absolute Gasteiger partial charge is 0.0830 e. The van der Waals surface area contributed by atoms with Crippen molar-refractivity contribution in [3.63, 3.8) is 0 Å². The van der Waals surface area contributed by atoms with Crippen LogP contribution in [0.2, 0.25) is 0 Å². The van der Waals surface area contributed by atoms with E-state index < -0.39 is 6.10 Å². The standard InChI is InChI=1S/C18H16BrNO/c1-12-2-5-14-11-15(6-9-17(14)20-12)18(21)10-13-3-7-16(19)8-4-13/h2-9,11,18,21H,10H2,1H3. The molecule has 0 saturated heterocycles. The highest BCUT2D eigenvalue weighted by Gasteiger charge is 2.09. The molecule has 21 heavy (non-hydrogen) atoms. The van der Waals surface area contributed by atoms with Crippen LogP contribution in [0.25, 0.3) is 10.9 Å². The summed E-state index contributed by atoms with van der Waals surface area (Å²) in [5, 5.41) is 11.5. The molecule has 3 heteroatoms. The van der Waals surface area contributed by atoms with Crippen LogP contribution in [0.4, 0.5) is 0 Å². The van der Waals surface area contributed by atoms with Gasteiger partial charge in [0.15, 0.2) is 0 Å². The molecule has 0 spiro atoms. The van der Waals surface area contributed by atoms with Gasteiger partial charge in [0, 0.05) is 22.0 Å². The molecule has 2 aromatic carbocycles. The first-order valence-corrected chi connectivity index (χ1v) is 7.71. The fraction of sp³-hybridized carbons (Fsp3) is 0.167. The van der Waals surface area contributed by atoms with Gasteiger partial charge in [-0.25, -0.2) is 0 Å². The molecule has 1 atom stereocenters. The summed E-state index contributed by atoms with van der Waals surface area (Å²) in [6.45, 7) is 1.98. The first kappa shape index (κ1) is 14.2. The van der Waals surface area contributed by atoms with Gasteiger partial charge < -0.3 is 5.11 Å². The number of fused-ring (bicyclic) bond motifs is 1. The molecule has 1 aromatic heterocycles. The van der Waals surface area contributed by atoms with Gasteiger partial charge in [0.25, 0.3) is 0 Å². The highest BCUT2D eigenvalue weighted by Crippen LogP contribution is 2.23. The van der Waals surface area contributed by atoms with Gasteiger partial charge in [0.05, 0.1) is 11.6 Å². The lowest BCUT2D eigenvalue weighted by atomic mass is 10.00. The van der Waals surface area contributed by atoms with Crippen molar-refractivity contribution in [3.05, 3.63) is 75.9 Å². The molecule has 3 rings (SSSR count). The molecular formula is C18H16BrNO. The lowest BCUT2D eigenvalue weighted by molar-refractivity contribution is 0.178. The minimum Gasteiger partial charge on any atom is -0.388 e. The Hall–Kier alpha value is -1.71. The van der Waals surface area contributed by atoms with Crippen molar-refractivity contribution in [2.75, 3.05) is 0 Å². The molecule has 0 bridgehead atoms. The first-order valence-electron chi connectivity index (χ1n) is 6.91. The molecule has 1 unspecified atom stereocenters. The Morgan fingerprint density at radius 2 is 1.81 bits per heavy atom. The number of hydrogen-bond donors (Lipinski definition) is 1. The molecule has 0 aliphatic heterocycles. The molecule has 2 nitrogen and oxygen atoms in total. The predicted molar refractivity (Wildman–Crippen MR) is 89.3 cm³/mol. The van der Waals surface area contributed by atoms with Crippen LogP contribution in [-0.2, 0) is 6.42 Å². The van der Waals surface area contributed by atoms with Gasteiger partial charge in [-0.2, -0.15) is 0 Å². The molecule has 0 aliphatic carbocycles. The average Bonchev–Trinajstić information content (AvgIpc) is 2.49. The molecule has 0 aliphatic rings. The fourth-order valence-electron chi connectivity index (χ4n) is 2.41. The molecule has 0 fully saturated rings. The van der Waals surface area contributed by atoms with Gasteiger partial charge in [-0.15, -0.1) is 0 Å². The van der Waals surface area contributed by atoms with E-state index in [9.17, 15) is 5.11 Å². The number of aliphatic hydroxyl groups excluding tert-OH is 1. The largest absolute Gasteiger partial charge is 0.388 e. The average molecular weight is 342 g/mol. The summed E-state index contributed by atoms with van der Waals surface area (Å²) < 4.78 is 1.05. The monoisotopic (exact) mass is 341 g/mol. The second-order valence-electron chi connectivity index (χ2n) is 5.25. The topological polar surface area (TPSA) is 33.1 Å². The van der Waals surface area contributed by atoms with Crippen LogP contribution in [0.3, 0.4) is 0 Å². The number of aromatic nitrogens is 1. The molecule has 0 amide bonds. The normalized spacial score (nSPS) is 12.5. The van der Waals surface area contributed by atoms with Gasteiger partial charge in [0.2, 0.25) is 0 Å². The van der Waals surface area contributed by atoms with E-state index >= 15 is 0 Å². The Labute approximate surface area is 132 Å². The van der Waals surface area contributed by atoms with Crippen LogP contribution in [-0.4, -0.2) is 10.1 Å². The van der Waals surface area contributed by atoms with Gasteiger partial charge in [-0.05, 0) is 48.4 Å². The second kappa shape index (κ2) is 5.96. The summed E-state index contributed by atoms with van der Waals surface area (Å²) in [7, 11) is 0. The van der Waals surface area contributed by atoms with Crippen molar-refractivity contribution in [3.8, 4) is 0 Å². The zero-order valence-corrected chi connectivity index (χ0v) is 13.3. The Balaban J connectivity index is 1.85. The highest BCUT2D eigenvalue weighted by molar-refractivity contribution is 9.10. The van der Waals surface area contributed by atoms with E-state index in [2.05, 4.69) is 20.9 Å². The summed E-state index contributed by atoms with van der Waals surface area (Å²) in [5.74, 6) is 0. The molecule has 3 aromatic rings. The molecular weight excluding hydrogens is 326 g/mol. The van der Waals surface area contributed by atoms with Crippen LogP contribution in [0, 0.1) is 6.92 Å². The number of aliphatic hydroxyl groups is 1. The maximum atomic E-state index is 10.4. The zero-order valence-electron chi connectivity index (χ0n) is 11.8. The van der Waals surface area contributed by atoms with Crippen LogP contribution < -0.4 is 0 Å². The Kier molecular flexibility index (Phi) is 4.04. The maximum Gasteiger partial charge on any atom is 0.0830 e. The number of rotatable bonds is 3. The van der Waals surface area contributed by atoms with Crippen LogP contribution >= 0.6 is 15.9 Å². The van der Waals surface area contributed by atoms with Gasteiger partial charge in [-0.3, -0.25) is 4.98 Å². The van der Waals surface area contributed by atoms with Crippen molar-refractivity contribution in [1.82, 2.24) is 4.98 Å². The third-order valence-electron chi connectivity index (χ3n) is 3.58. The minimum atomic E-state index is -0.503. The van der Waals surface area contributed by atoms with Crippen molar-refractivity contribution in [2.24, 2.45) is 0 Å². The van der Waals surface area contributed by atoms with Gasteiger partial charge in [0.1, 0.15) is 0 Å². The number of nitrogens with zero attached hydrogens (tertiary/aromatic N) is 1. The van der Waals surface area contributed by atoms with Gasteiger partial charge >= 0.3 is 0 Å². The van der Waals surface area contributed by atoms with Crippen LogP contribution in [0.1, 0.15) is 22.9 Å². The summed E-state index contributed by atoms with van der Waals surface area (Å²) in [4.78, 5) is 4.48. The maximum absolute atomic E-state index is 10.4. The molecule has 0 saturated carbocycles. The number of benzene rings is 2. The molecule has 1 N–H and O–H groups in total. The predicted octanol–water partition coefficient (Wildman–Crippen LogP) is 4.58. The summed E-state index contributed by atoms with van der Waals surface area (Å²) in [5.41, 5.74) is 4.02. The number of hydrogen-bond acceptors (Lipinski definition) is 2. The van der Waals surface area contributed by atoms with E-state index in [1.54, 1.807) is 0 Å². The van der Waals surface area contributed by atoms with Crippen LogP contribution in [0.15, 0.2) is 59.1 Å². The van der Waals surface area contributed by atoms with E-state index in [0.717, 1.165) is 32.2 Å². The number of pyridine rings is 1. The van der Waals surface area contributed by atoms with Crippen molar-refractivity contribution in [1.29, 1.82) is 0 Å². The summed E-state index contributed by atoms with van der Waals surface area (Å²) >= 11 is 3.42. The van der Waals surface area contributed by atoms with E-state index in [1.807, 2.05) is 61.5 Å². The number of aryl methyl sites for hydroxylation is 1. The SMILES string of the molecule is Cc1ccc2cc(C(O)Cc3ccc(Br)cc3)ccc2n1. The lowest BCUT2D eigenvalue weighted by Gasteiger charge is -2.12.